The summed E-state index contributed by atoms with van der Waals surface area (Å²) in [6.45, 7) is 0. The van der Waals surface area contributed by atoms with Crippen molar-refractivity contribution in [2.24, 2.45) is 0 Å². The first kappa shape index (κ1) is 33.7. The second-order valence-electron chi connectivity index (χ2n) is 17.1. The van der Waals surface area contributed by atoms with E-state index in [1.54, 1.807) is 0 Å². The molecule has 14 aromatic carbocycles. The zero-order valence-electron chi connectivity index (χ0n) is 33.8. The first-order valence-electron chi connectivity index (χ1n) is 21.7. The highest BCUT2D eigenvalue weighted by Crippen LogP contribution is 2.47. The number of hydrogen-bond donors (Lipinski definition) is 0. The second-order valence-corrected chi connectivity index (χ2v) is 17.1. The van der Waals surface area contributed by atoms with Gasteiger partial charge in [-0.05, 0) is 165 Å². The lowest BCUT2D eigenvalue weighted by atomic mass is 9.86. The van der Waals surface area contributed by atoms with Crippen molar-refractivity contribution in [3.63, 3.8) is 0 Å². The second kappa shape index (κ2) is 12.7. The van der Waals surface area contributed by atoms with E-state index in [4.69, 9.17) is 0 Å². The molecule has 0 unspecified atom stereocenters. The molecular formula is C62H36. The molecular weight excluding hydrogens is 745 g/mol. The van der Waals surface area contributed by atoms with Crippen LogP contribution in [0.5, 0.6) is 0 Å². The molecule has 0 spiro atoms. The summed E-state index contributed by atoms with van der Waals surface area (Å²) in [7, 11) is 0. The SMILES string of the molecule is c1ccc2c(c1)c1ccccc1c1c3ccc(-c4ccc5ccc(-c6ccc7c(c6)c6ccccc6c6c8ccccc8c8ccccc8c76)cc5c4)cc3c3ccccc3c21. The Labute approximate surface area is 357 Å². The molecule has 0 aromatic heterocycles. The quantitative estimate of drug-likeness (QED) is 0.153. The van der Waals surface area contributed by atoms with Gasteiger partial charge in [-0.3, -0.25) is 0 Å². The summed E-state index contributed by atoms with van der Waals surface area (Å²) in [5.41, 5.74) is 4.89. The predicted octanol–water partition coefficient (Wildman–Crippen LogP) is 17.7. The van der Waals surface area contributed by atoms with Crippen LogP contribution in [0, 0.1) is 0 Å². The molecule has 0 saturated heterocycles. The van der Waals surface area contributed by atoms with Gasteiger partial charge in [0.25, 0.3) is 0 Å². The normalized spacial score (nSPS) is 12.2. The van der Waals surface area contributed by atoms with E-state index in [9.17, 15) is 0 Å². The van der Waals surface area contributed by atoms with Crippen LogP contribution in [0.15, 0.2) is 218 Å². The van der Waals surface area contributed by atoms with Crippen LogP contribution in [0.3, 0.4) is 0 Å². The maximum atomic E-state index is 2.43. The van der Waals surface area contributed by atoms with Crippen molar-refractivity contribution in [2.75, 3.05) is 0 Å². The molecule has 0 aliphatic heterocycles. The van der Waals surface area contributed by atoms with Crippen LogP contribution in [0.1, 0.15) is 0 Å². The Bertz CT molecular complexity index is 3990. The molecule has 0 atom stereocenters. The Morgan fingerprint density at radius 1 is 0.145 bits per heavy atom. The summed E-state index contributed by atoms with van der Waals surface area (Å²) in [6.07, 6.45) is 0. The third-order valence-electron chi connectivity index (χ3n) is 13.9. The summed E-state index contributed by atoms with van der Waals surface area (Å²) < 4.78 is 0. The Balaban J connectivity index is 0.958. The number of benzene rings is 14. The van der Waals surface area contributed by atoms with Crippen LogP contribution < -0.4 is 0 Å². The van der Waals surface area contributed by atoms with Gasteiger partial charge in [-0.15, -0.1) is 0 Å². The standard InChI is InChI=1S/C62H36/c1-7-19-49-43(13-1)45-15-3-9-21-51(45)61-55-31-29-40(35-57(55)47-17-5-11-23-53(47)59(49)61)38-27-25-37-26-28-39(34-42(37)33-38)41-30-32-56-58(36-41)48-18-6-12-24-54(48)60-50-20-8-2-14-44(50)46-16-4-10-22-52(46)62(56)60/h1-36H. The summed E-state index contributed by atoms with van der Waals surface area (Å²) >= 11 is 0. The molecule has 0 fully saturated rings. The van der Waals surface area contributed by atoms with Crippen LogP contribution >= 0.6 is 0 Å². The van der Waals surface area contributed by atoms with Crippen LogP contribution in [0.4, 0.5) is 0 Å². The summed E-state index contributed by atoms with van der Waals surface area (Å²) in [5.74, 6) is 0. The highest BCUT2D eigenvalue weighted by atomic mass is 14.2. The number of rotatable bonds is 2. The van der Waals surface area contributed by atoms with Crippen molar-refractivity contribution >= 4 is 118 Å². The third-order valence-corrected chi connectivity index (χ3v) is 13.9. The average molecular weight is 781 g/mol. The molecule has 14 rings (SSSR count). The van der Waals surface area contributed by atoms with Crippen molar-refractivity contribution in [1.82, 2.24) is 0 Å². The van der Waals surface area contributed by atoms with E-state index in [2.05, 4.69) is 218 Å². The van der Waals surface area contributed by atoms with Gasteiger partial charge >= 0.3 is 0 Å². The zero-order valence-corrected chi connectivity index (χ0v) is 33.8. The molecule has 62 heavy (non-hydrogen) atoms. The number of fused-ring (bicyclic) bond motifs is 23. The van der Waals surface area contributed by atoms with Gasteiger partial charge in [0.2, 0.25) is 0 Å². The van der Waals surface area contributed by atoms with E-state index in [1.165, 1.54) is 141 Å². The topological polar surface area (TPSA) is 0 Å². The highest BCUT2D eigenvalue weighted by Gasteiger charge is 2.18. The molecule has 0 heteroatoms. The van der Waals surface area contributed by atoms with E-state index in [0.29, 0.717) is 0 Å². The monoisotopic (exact) mass is 780 g/mol. The molecule has 284 valence electrons. The molecule has 0 heterocycles. The zero-order chi connectivity index (χ0) is 40.5. The molecule has 0 amide bonds. The van der Waals surface area contributed by atoms with E-state index in [-0.39, 0.29) is 0 Å². The van der Waals surface area contributed by atoms with Crippen molar-refractivity contribution in [1.29, 1.82) is 0 Å². The first-order chi connectivity index (χ1) is 30.8. The lowest BCUT2D eigenvalue weighted by Gasteiger charge is -2.17. The van der Waals surface area contributed by atoms with E-state index < -0.39 is 0 Å². The lowest BCUT2D eigenvalue weighted by molar-refractivity contribution is 1.66. The Kier molecular flexibility index (Phi) is 6.92. The fourth-order valence-electron chi connectivity index (χ4n) is 11.2. The minimum absolute atomic E-state index is 1.22. The summed E-state index contributed by atoms with van der Waals surface area (Å²) in [5, 5.41) is 28.6. The first-order valence-corrected chi connectivity index (χ1v) is 21.7. The van der Waals surface area contributed by atoms with Gasteiger partial charge in [0.05, 0.1) is 0 Å². The van der Waals surface area contributed by atoms with Crippen LogP contribution in [-0.4, -0.2) is 0 Å². The van der Waals surface area contributed by atoms with Gasteiger partial charge in [-0.2, -0.15) is 0 Å². The van der Waals surface area contributed by atoms with Crippen molar-refractivity contribution in [2.45, 2.75) is 0 Å². The molecule has 0 aliphatic carbocycles. The van der Waals surface area contributed by atoms with E-state index in [0.717, 1.165) is 0 Å². The largest absolute Gasteiger partial charge is 0.0616 e. The minimum atomic E-state index is 1.22. The molecule has 0 radical (unpaired) electrons. The number of hydrogen-bond acceptors (Lipinski definition) is 0. The van der Waals surface area contributed by atoms with Gasteiger partial charge in [0.1, 0.15) is 0 Å². The molecule has 0 nitrogen and oxygen atoms in total. The highest BCUT2D eigenvalue weighted by molar-refractivity contribution is 6.41. The molecule has 0 bridgehead atoms. The van der Waals surface area contributed by atoms with Crippen molar-refractivity contribution < 1.29 is 0 Å². The molecule has 0 N–H and O–H groups in total. The third kappa shape index (κ3) is 4.67. The Hall–Kier alpha value is -8.06. The van der Waals surface area contributed by atoms with Gasteiger partial charge in [0, 0.05) is 0 Å². The maximum absolute atomic E-state index is 2.43. The molecule has 0 saturated carbocycles. The lowest BCUT2D eigenvalue weighted by Crippen LogP contribution is -1.89. The maximum Gasteiger partial charge on any atom is -0.00139 e. The predicted molar refractivity (Wildman–Crippen MR) is 270 cm³/mol. The van der Waals surface area contributed by atoms with Gasteiger partial charge in [0.15, 0.2) is 0 Å². The van der Waals surface area contributed by atoms with Gasteiger partial charge < -0.3 is 0 Å². The Morgan fingerprint density at radius 2 is 0.371 bits per heavy atom. The van der Waals surface area contributed by atoms with E-state index >= 15 is 0 Å². The van der Waals surface area contributed by atoms with Gasteiger partial charge in [-0.1, -0.05) is 194 Å². The van der Waals surface area contributed by atoms with Crippen LogP contribution in [-0.2, 0) is 0 Å². The van der Waals surface area contributed by atoms with Crippen LogP contribution in [0.25, 0.3) is 141 Å². The van der Waals surface area contributed by atoms with Gasteiger partial charge in [-0.25, -0.2) is 0 Å². The fraction of sp³-hybridized carbons (Fsp3) is 0. The van der Waals surface area contributed by atoms with Crippen molar-refractivity contribution in [3.05, 3.63) is 218 Å². The summed E-state index contributed by atoms with van der Waals surface area (Å²) in [6, 6.07) is 81.8. The molecule has 0 aliphatic rings. The fourth-order valence-corrected chi connectivity index (χ4v) is 11.2. The van der Waals surface area contributed by atoms with E-state index in [1.807, 2.05) is 0 Å². The van der Waals surface area contributed by atoms with Crippen LogP contribution in [0.2, 0.25) is 0 Å². The molecule has 14 aromatic rings. The minimum Gasteiger partial charge on any atom is -0.0616 e. The van der Waals surface area contributed by atoms with Crippen molar-refractivity contribution in [3.8, 4) is 22.3 Å². The summed E-state index contributed by atoms with van der Waals surface area (Å²) in [4.78, 5) is 0. The smallest absolute Gasteiger partial charge is 0.00139 e. The average Bonchev–Trinajstić information content (AvgIpc) is 3.35. The Morgan fingerprint density at radius 3 is 0.677 bits per heavy atom.